The number of carbonyl (C=O) groups excluding carboxylic acids is 4. The molecule has 4 unspecified atom stereocenters. The molecule has 7 N–H and O–H groups in total. The van der Waals surface area contributed by atoms with E-state index < -0.39 is 53.8 Å². The molecule has 0 spiro atoms. The van der Waals surface area contributed by atoms with Crippen molar-refractivity contribution in [3.05, 3.63) is 71.8 Å². The van der Waals surface area contributed by atoms with Crippen LogP contribution in [-0.2, 0) is 36.8 Å². The average Bonchev–Trinajstić information content (AvgIpc) is 3.41. The Morgan fingerprint density at radius 2 is 1.44 bits per heavy atom. The van der Waals surface area contributed by atoms with E-state index in [0.717, 1.165) is 11.1 Å². The number of nitrogens with one attached hydrogen (secondary N) is 2. The zero-order valence-electron chi connectivity index (χ0n) is 21.6. The second-order valence-corrected chi connectivity index (χ2v) is 9.64. The number of amides is 4. The smallest absolute Gasteiger partial charge is 0.326 e. The van der Waals surface area contributed by atoms with Gasteiger partial charge in [-0.15, -0.1) is 0 Å². The maximum absolute atomic E-state index is 13.5. The number of rotatable bonds is 13. The van der Waals surface area contributed by atoms with Crippen molar-refractivity contribution in [3.8, 4) is 0 Å². The molecule has 11 nitrogen and oxygen atoms in total. The van der Waals surface area contributed by atoms with Crippen LogP contribution in [0.4, 0.5) is 0 Å². The highest BCUT2D eigenvalue weighted by Gasteiger charge is 2.38. The minimum Gasteiger partial charge on any atom is -0.480 e. The molecule has 4 amide bonds. The summed E-state index contributed by atoms with van der Waals surface area (Å²) >= 11 is 0. The van der Waals surface area contributed by atoms with E-state index in [2.05, 4.69) is 10.6 Å². The summed E-state index contributed by atoms with van der Waals surface area (Å²) in [5, 5.41) is 14.9. The number of carboxylic acids is 1. The molecule has 11 heteroatoms. The molecule has 4 atom stereocenters. The van der Waals surface area contributed by atoms with Crippen LogP contribution in [0.5, 0.6) is 0 Å². The van der Waals surface area contributed by atoms with E-state index in [9.17, 15) is 29.1 Å². The van der Waals surface area contributed by atoms with Gasteiger partial charge in [0.15, 0.2) is 0 Å². The summed E-state index contributed by atoms with van der Waals surface area (Å²) in [5.41, 5.74) is 13.0. The number of benzene rings is 2. The highest BCUT2D eigenvalue weighted by Crippen LogP contribution is 2.20. The van der Waals surface area contributed by atoms with Crippen LogP contribution >= 0.6 is 0 Å². The van der Waals surface area contributed by atoms with E-state index in [4.69, 9.17) is 11.5 Å². The van der Waals surface area contributed by atoms with Gasteiger partial charge in [0, 0.05) is 19.4 Å². The molecule has 0 radical (unpaired) electrons. The molecule has 1 fully saturated rings. The van der Waals surface area contributed by atoms with Crippen molar-refractivity contribution in [1.29, 1.82) is 0 Å². The van der Waals surface area contributed by atoms with Crippen LogP contribution in [-0.4, -0.2) is 70.3 Å². The van der Waals surface area contributed by atoms with Gasteiger partial charge in [0.2, 0.25) is 23.6 Å². The molecule has 39 heavy (non-hydrogen) atoms. The highest BCUT2D eigenvalue weighted by atomic mass is 16.4. The predicted molar refractivity (Wildman–Crippen MR) is 143 cm³/mol. The first-order valence-electron chi connectivity index (χ1n) is 12.9. The summed E-state index contributed by atoms with van der Waals surface area (Å²) in [6, 6.07) is 13.9. The van der Waals surface area contributed by atoms with Crippen molar-refractivity contribution in [3.63, 3.8) is 0 Å². The molecule has 208 valence electrons. The Morgan fingerprint density at radius 3 is 2.00 bits per heavy atom. The number of carbonyl (C=O) groups is 5. The van der Waals surface area contributed by atoms with Gasteiger partial charge >= 0.3 is 5.97 Å². The zero-order chi connectivity index (χ0) is 28.4. The Balaban J connectivity index is 1.77. The maximum Gasteiger partial charge on any atom is 0.326 e. The molecular weight excluding hydrogens is 502 g/mol. The number of primary amides is 1. The fourth-order valence-electron chi connectivity index (χ4n) is 4.60. The van der Waals surface area contributed by atoms with Gasteiger partial charge < -0.3 is 32.1 Å². The monoisotopic (exact) mass is 537 g/mol. The number of hydrogen-bond acceptors (Lipinski definition) is 6. The Morgan fingerprint density at radius 1 is 0.872 bits per heavy atom. The van der Waals surface area contributed by atoms with Crippen molar-refractivity contribution >= 4 is 29.6 Å². The predicted octanol–water partition coefficient (Wildman–Crippen LogP) is 0.110. The van der Waals surface area contributed by atoms with Gasteiger partial charge in [-0.05, 0) is 36.8 Å². The summed E-state index contributed by atoms with van der Waals surface area (Å²) in [7, 11) is 0. The quantitative estimate of drug-likeness (QED) is 0.240. The van der Waals surface area contributed by atoms with Crippen LogP contribution in [0.25, 0.3) is 0 Å². The first-order valence-corrected chi connectivity index (χ1v) is 12.9. The fraction of sp³-hybridized carbons (Fsp3) is 0.393. The molecular formula is C28H35N5O6. The fourth-order valence-corrected chi connectivity index (χ4v) is 4.60. The summed E-state index contributed by atoms with van der Waals surface area (Å²) in [4.78, 5) is 64.2. The van der Waals surface area contributed by atoms with Crippen LogP contribution in [0.15, 0.2) is 60.7 Å². The lowest BCUT2D eigenvalue weighted by atomic mass is 10.0. The molecule has 0 bridgehead atoms. The average molecular weight is 538 g/mol. The van der Waals surface area contributed by atoms with E-state index in [1.165, 1.54) is 4.90 Å². The molecule has 1 aliphatic heterocycles. The summed E-state index contributed by atoms with van der Waals surface area (Å²) < 4.78 is 0. The van der Waals surface area contributed by atoms with Crippen LogP contribution in [0.1, 0.15) is 36.8 Å². The Bertz CT molecular complexity index is 1160. The van der Waals surface area contributed by atoms with Gasteiger partial charge in [-0.2, -0.15) is 0 Å². The standard InChI is InChI=1S/C28H35N5O6/c29-20(16-18-8-3-1-4-9-18)25(35)31-21(13-14-24(30)34)26(36)32-22(17-19-10-5-2-6-11-19)27(37)33-15-7-12-23(33)28(38)39/h1-6,8-11,20-23H,7,12-17,29H2,(H2,30,34)(H,31,35)(H,32,36)(H,38,39). The van der Waals surface area contributed by atoms with Crippen LogP contribution in [0.2, 0.25) is 0 Å². The normalized spacial score (nSPS) is 17.1. The minimum absolute atomic E-state index is 0.0985. The Kier molecular flexibility index (Phi) is 10.6. The third-order valence-electron chi connectivity index (χ3n) is 6.67. The Hall–Kier alpha value is -4.25. The molecule has 3 rings (SSSR count). The summed E-state index contributed by atoms with van der Waals surface area (Å²) in [5.74, 6) is -3.59. The number of hydrogen-bond donors (Lipinski definition) is 5. The summed E-state index contributed by atoms with van der Waals surface area (Å²) in [6.07, 6.45) is 0.917. The van der Waals surface area contributed by atoms with Crippen LogP contribution < -0.4 is 22.1 Å². The third-order valence-corrected chi connectivity index (χ3v) is 6.67. The molecule has 2 aromatic carbocycles. The van der Waals surface area contributed by atoms with Gasteiger partial charge in [0.25, 0.3) is 0 Å². The van der Waals surface area contributed by atoms with Crippen LogP contribution in [0.3, 0.4) is 0 Å². The number of likely N-dealkylation sites (tertiary alicyclic amines) is 1. The van der Waals surface area contributed by atoms with E-state index in [1.54, 1.807) is 24.3 Å². The lowest BCUT2D eigenvalue weighted by molar-refractivity contribution is -0.149. The second kappa shape index (κ2) is 14.1. The summed E-state index contributed by atoms with van der Waals surface area (Å²) in [6.45, 7) is 0.257. The number of carboxylic acid groups (broad SMARTS) is 1. The van der Waals surface area contributed by atoms with Crippen LogP contribution in [0, 0.1) is 0 Å². The van der Waals surface area contributed by atoms with E-state index in [-0.39, 0.29) is 32.2 Å². The molecule has 1 saturated heterocycles. The van der Waals surface area contributed by atoms with Gasteiger partial charge in [-0.25, -0.2) is 4.79 Å². The van der Waals surface area contributed by atoms with E-state index >= 15 is 0 Å². The number of nitrogens with two attached hydrogens (primary N) is 2. The molecule has 2 aromatic rings. The van der Waals surface area contributed by atoms with Gasteiger partial charge in [0.1, 0.15) is 18.1 Å². The second-order valence-electron chi connectivity index (χ2n) is 9.64. The molecule has 1 heterocycles. The molecule has 0 aliphatic carbocycles. The Labute approximate surface area is 226 Å². The van der Waals surface area contributed by atoms with E-state index in [0.29, 0.717) is 12.8 Å². The van der Waals surface area contributed by atoms with E-state index in [1.807, 2.05) is 36.4 Å². The van der Waals surface area contributed by atoms with Crippen molar-refractivity contribution in [2.45, 2.75) is 62.7 Å². The molecule has 0 saturated carbocycles. The third kappa shape index (κ3) is 8.64. The minimum atomic E-state index is -1.19. The lowest BCUT2D eigenvalue weighted by Gasteiger charge is -2.29. The van der Waals surface area contributed by atoms with Gasteiger partial charge in [0.05, 0.1) is 6.04 Å². The zero-order valence-corrected chi connectivity index (χ0v) is 21.6. The van der Waals surface area contributed by atoms with Crippen molar-refractivity contribution in [1.82, 2.24) is 15.5 Å². The largest absolute Gasteiger partial charge is 0.480 e. The molecule has 1 aliphatic rings. The number of aliphatic carboxylic acids is 1. The first kappa shape index (κ1) is 29.3. The number of nitrogens with zero attached hydrogens (tertiary/aromatic N) is 1. The lowest BCUT2D eigenvalue weighted by Crippen LogP contribution is -2.58. The maximum atomic E-state index is 13.5. The van der Waals surface area contributed by atoms with Gasteiger partial charge in [-0.3, -0.25) is 19.2 Å². The van der Waals surface area contributed by atoms with Gasteiger partial charge in [-0.1, -0.05) is 60.7 Å². The topological polar surface area (TPSA) is 185 Å². The van der Waals surface area contributed by atoms with Crippen molar-refractivity contribution < 1.29 is 29.1 Å². The van der Waals surface area contributed by atoms with Crippen molar-refractivity contribution in [2.24, 2.45) is 11.5 Å². The highest BCUT2D eigenvalue weighted by molar-refractivity contribution is 5.94. The van der Waals surface area contributed by atoms with Crippen molar-refractivity contribution in [2.75, 3.05) is 6.54 Å². The SMILES string of the molecule is NC(=O)CCC(NC(=O)C(N)Cc1ccccc1)C(=O)NC(Cc1ccccc1)C(=O)N1CCCC1C(=O)O. The molecule has 0 aromatic heterocycles. The first-order chi connectivity index (χ1) is 18.7.